The maximum absolute atomic E-state index is 12.2. The number of amides is 2. The molecular weight excluding hydrogens is 292 g/mol. The number of nitrogens with zero attached hydrogens (tertiary/aromatic N) is 2. The molecule has 0 bridgehead atoms. The Bertz CT molecular complexity index is 547. The Kier molecular flexibility index (Phi) is 6.38. The van der Waals surface area contributed by atoms with Gasteiger partial charge in [0.05, 0.1) is 5.92 Å². The molecular formula is C17H26N4O2. The van der Waals surface area contributed by atoms with Crippen molar-refractivity contribution in [1.29, 1.82) is 0 Å². The summed E-state index contributed by atoms with van der Waals surface area (Å²) in [7, 11) is 0. The predicted octanol–water partition coefficient (Wildman–Crippen LogP) is 1.36. The fourth-order valence-corrected chi connectivity index (χ4v) is 2.94. The van der Waals surface area contributed by atoms with Gasteiger partial charge in [0.2, 0.25) is 11.8 Å². The van der Waals surface area contributed by atoms with Crippen LogP contribution in [0.5, 0.6) is 0 Å². The summed E-state index contributed by atoms with van der Waals surface area (Å²) in [6.07, 6.45) is 6.35. The number of nitrogens with one attached hydrogen (secondary N) is 1. The highest BCUT2D eigenvalue weighted by Crippen LogP contribution is 2.16. The van der Waals surface area contributed by atoms with Gasteiger partial charge in [-0.1, -0.05) is 0 Å². The van der Waals surface area contributed by atoms with E-state index in [-0.39, 0.29) is 17.7 Å². The fourth-order valence-electron chi connectivity index (χ4n) is 2.94. The highest BCUT2D eigenvalue weighted by Gasteiger charge is 2.26. The number of nitrogens with two attached hydrogens (primary N) is 1. The molecule has 6 nitrogen and oxygen atoms in total. The maximum atomic E-state index is 12.2. The average molecular weight is 318 g/mol. The molecule has 2 amide bonds. The Morgan fingerprint density at radius 2 is 2.26 bits per heavy atom. The lowest BCUT2D eigenvalue weighted by atomic mass is 9.97. The van der Waals surface area contributed by atoms with Crippen LogP contribution in [0.15, 0.2) is 18.3 Å². The van der Waals surface area contributed by atoms with E-state index in [9.17, 15) is 9.59 Å². The Balaban J connectivity index is 1.64. The fraction of sp³-hybridized carbons (Fsp3) is 0.588. The van der Waals surface area contributed by atoms with Crippen LogP contribution in [-0.2, 0) is 16.0 Å². The van der Waals surface area contributed by atoms with Crippen molar-refractivity contribution >= 4 is 17.6 Å². The monoisotopic (exact) mass is 318 g/mol. The molecule has 1 fully saturated rings. The van der Waals surface area contributed by atoms with Crippen LogP contribution in [0.2, 0.25) is 0 Å². The van der Waals surface area contributed by atoms with Gasteiger partial charge < -0.3 is 16.0 Å². The molecule has 1 aliphatic rings. The molecule has 0 radical (unpaired) electrons. The molecule has 0 aromatic carbocycles. The Morgan fingerprint density at radius 1 is 1.43 bits per heavy atom. The first-order valence-electron chi connectivity index (χ1n) is 8.30. The molecule has 1 atom stereocenters. The average Bonchev–Trinajstić information content (AvgIpc) is 2.54. The number of rotatable bonds is 6. The van der Waals surface area contributed by atoms with E-state index in [0.29, 0.717) is 18.9 Å². The largest absolute Gasteiger partial charge is 0.384 e. The third-order valence-corrected chi connectivity index (χ3v) is 4.27. The first kappa shape index (κ1) is 17.2. The summed E-state index contributed by atoms with van der Waals surface area (Å²) in [6.45, 7) is 3.56. The SMILES string of the molecule is CC(=O)N1CCCC(C(=O)NCCCCc2ccnc(N)c2)C1. The molecule has 1 saturated heterocycles. The van der Waals surface area contributed by atoms with Gasteiger partial charge in [-0.25, -0.2) is 4.98 Å². The number of hydrogen-bond donors (Lipinski definition) is 2. The molecule has 23 heavy (non-hydrogen) atoms. The minimum absolute atomic E-state index is 0.0547. The van der Waals surface area contributed by atoms with Crippen molar-refractivity contribution in [3.8, 4) is 0 Å². The van der Waals surface area contributed by atoms with Crippen molar-refractivity contribution in [2.45, 2.75) is 39.0 Å². The minimum atomic E-state index is -0.0624. The van der Waals surface area contributed by atoms with Crippen LogP contribution in [-0.4, -0.2) is 41.3 Å². The van der Waals surface area contributed by atoms with E-state index >= 15 is 0 Å². The number of anilines is 1. The van der Waals surface area contributed by atoms with Gasteiger partial charge in [0.25, 0.3) is 0 Å². The van der Waals surface area contributed by atoms with Crippen LogP contribution in [0.3, 0.4) is 0 Å². The number of nitrogen functional groups attached to an aromatic ring is 1. The number of unbranched alkanes of at least 4 members (excludes halogenated alkanes) is 1. The second-order valence-corrected chi connectivity index (χ2v) is 6.14. The van der Waals surface area contributed by atoms with E-state index in [1.807, 2.05) is 12.1 Å². The normalized spacial score (nSPS) is 17.8. The van der Waals surface area contributed by atoms with E-state index in [1.165, 1.54) is 5.56 Å². The number of aryl methyl sites for hydroxylation is 1. The van der Waals surface area contributed by atoms with Crippen LogP contribution in [0.1, 0.15) is 38.2 Å². The number of piperidine rings is 1. The maximum Gasteiger partial charge on any atom is 0.224 e. The van der Waals surface area contributed by atoms with Crippen LogP contribution in [0.4, 0.5) is 5.82 Å². The van der Waals surface area contributed by atoms with Crippen molar-refractivity contribution in [1.82, 2.24) is 15.2 Å². The molecule has 1 aromatic rings. The molecule has 0 spiro atoms. The van der Waals surface area contributed by atoms with Crippen molar-refractivity contribution in [3.63, 3.8) is 0 Å². The minimum Gasteiger partial charge on any atom is -0.384 e. The predicted molar refractivity (Wildman–Crippen MR) is 89.6 cm³/mol. The van der Waals surface area contributed by atoms with Crippen molar-refractivity contribution in [3.05, 3.63) is 23.9 Å². The third kappa shape index (κ3) is 5.54. The van der Waals surface area contributed by atoms with Gasteiger partial charge in [-0.05, 0) is 49.8 Å². The number of hydrogen-bond acceptors (Lipinski definition) is 4. The highest BCUT2D eigenvalue weighted by molar-refractivity contribution is 5.80. The summed E-state index contributed by atoms with van der Waals surface area (Å²) >= 11 is 0. The molecule has 1 aliphatic heterocycles. The summed E-state index contributed by atoms with van der Waals surface area (Å²) < 4.78 is 0. The first-order valence-corrected chi connectivity index (χ1v) is 8.30. The van der Waals surface area contributed by atoms with Gasteiger partial charge in [-0.2, -0.15) is 0 Å². The van der Waals surface area contributed by atoms with Crippen molar-refractivity contribution in [2.24, 2.45) is 5.92 Å². The van der Waals surface area contributed by atoms with E-state index in [4.69, 9.17) is 5.73 Å². The molecule has 0 saturated carbocycles. The summed E-state index contributed by atoms with van der Waals surface area (Å²) in [5, 5.41) is 3.00. The number of aromatic nitrogens is 1. The molecule has 2 heterocycles. The van der Waals surface area contributed by atoms with Gasteiger partial charge in [-0.3, -0.25) is 9.59 Å². The molecule has 6 heteroatoms. The molecule has 1 unspecified atom stereocenters. The number of pyridine rings is 1. The van der Waals surface area contributed by atoms with Crippen LogP contribution in [0.25, 0.3) is 0 Å². The standard InChI is InChI=1S/C17H26N4O2/c1-13(22)21-10-4-6-15(12-21)17(23)20-8-3-2-5-14-7-9-19-16(18)11-14/h7,9,11,15H,2-6,8,10,12H2,1H3,(H2,18,19)(H,20,23). The topological polar surface area (TPSA) is 88.3 Å². The number of carbonyl (C=O) groups excluding carboxylic acids is 2. The Hall–Kier alpha value is -2.11. The molecule has 2 rings (SSSR count). The highest BCUT2D eigenvalue weighted by atomic mass is 16.2. The lowest BCUT2D eigenvalue weighted by Gasteiger charge is -2.31. The van der Waals surface area contributed by atoms with Crippen LogP contribution in [0, 0.1) is 5.92 Å². The van der Waals surface area contributed by atoms with Gasteiger partial charge in [0.15, 0.2) is 0 Å². The zero-order chi connectivity index (χ0) is 16.7. The second kappa shape index (κ2) is 8.50. The number of likely N-dealkylation sites (tertiary alicyclic amines) is 1. The van der Waals surface area contributed by atoms with Crippen molar-refractivity contribution in [2.75, 3.05) is 25.4 Å². The second-order valence-electron chi connectivity index (χ2n) is 6.14. The van der Waals surface area contributed by atoms with E-state index in [0.717, 1.165) is 38.6 Å². The molecule has 1 aromatic heterocycles. The Morgan fingerprint density at radius 3 is 3.00 bits per heavy atom. The van der Waals surface area contributed by atoms with E-state index < -0.39 is 0 Å². The summed E-state index contributed by atoms with van der Waals surface area (Å²) in [4.78, 5) is 29.3. The number of carbonyl (C=O) groups is 2. The first-order chi connectivity index (χ1) is 11.1. The summed E-state index contributed by atoms with van der Waals surface area (Å²) in [6, 6.07) is 3.85. The third-order valence-electron chi connectivity index (χ3n) is 4.27. The van der Waals surface area contributed by atoms with Crippen molar-refractivity contribution < 1.29 is 9.59 Å². The van der Waals surface area contributed by atoms with Gasteiger partial charge in [0, 0.05) is 32.8 Å². The van der Waals surface area contributed by atoms with Crippen LogP contribution >= 0.6 is 0 Å². The smallest absolute Gasteiger partial charge is 0.224 e. The molecule has 3 N–H and O–H groups in total. The van der Waals surface area contributed by atoms with E-state index in [1.54, 1.807) is 18.0 Å². The van der Waals surface area contributed by atoms with Gasteiger partial charge in [0.1, 0.15) is 5.82 Å². The lowest BCUT2D eigenvalue weighted by molar-refractivity contribution is -0.133. The quantitative estimate of drug-likeness (QED) is 0.775. The van der Waals surface area contributed by atoms with Gasteiger partial charge in [-0.15, -0.1) is 0 Å². The lowest BCUT2D eigenvalue weighted by Crippen LogP contribution is -2.44. The van der Waals surface area contributed by atoms with Gasteiger partial charge >= 0.3 is 0 Å². The summed E-state index contributed by atoms with van der Waals surface area (Å²) in [5.74, 6) is 0.610. The molecule has 126 valence electrons. The Labute approximate surface area is 137 Å². The van der Waals surface area contributed by atoms with E-state index in [2.05, 4.69) is 10.3 Å². The zero-order valence-electron chi connectivity index (χ0n) is 13.8. The summed E-state index contributed by atoms with van der Waals surface area (Å²) in [5.41, 5.74) is 6.82. The zero-order valence-corrected chi connectivity index (χ0v) is 13.8. The van der Waals surface area contributed by atoms with Crippen LogP contribution < -0.4 is 11.1 Å². The molecule has 0 aliphatic carbocycles.